The maximum Gasteiger partial charge on any atom is 0.336 e. The highest BCUT2D eigenvalue weighted by atomic mass is 16.5. The zero-order valence-electron chi connectivity index (χ0n) is 16.1. The average Bonchev–Trinajstić information content (AvgIpc) is 3.13. The highest BCUT2D eigenvalue weighted by molar-refractivity contribution is 5.88. The smallest absolute Gasteiger partial charge is 0.336 e. The molecule has 1 atom stereocenters. The summed E-state index contributed by atoms with van der Waals surface area (Å²) in [6.45, 7) is -0.416. The van der Waals surface area contributed by atoms with E-state index in [4.69, 9.17) is 9.15 Å². The Kier molecular flexibility index (Phi) is 5.31. The standard InChI is InChI=1S/C22H18N2O7/c25-14-3-5-17-16(8-14)13(10-23-17)7-18(22(28)29)24-20(26)11-30-15-4-1-12-2-6-21(27)31-19(12)9-15/h1-6,8-10,18,23,25H,7,11H2,(H,24,26)(H,28,29)/t18-/m1/s1. The van der Waals surface area contributed by atoms with Gasteiger partial charge in [0.05, 0.1) is 0 Å². The molecule has 1 amide bonds. The van der Waals surface area contributed by atoms with Gasteiger partial charge >= 0.3 is 11.6 Å². The summed E-state index contributed by atoms with van der Waals surface area (Å²) >= 11 is 0. The number of ether oxygens (including phenoxy) is 1. The first-order valence-corrected chi connectivity index (χ1v) is 9.37. The van der Waals surface area contributed by atoms with Gasteiger partial charge in [0.1, 0.15) is 23.1 Å². The summed E-state index contributed by atoms with van der Waals surface area (Å²) in [5.74, 6) is -1.46. The highest BCUT2D eigenvalue weighted by Crippen LogP contribution is 2.24. The average molecular weight is 422 g/mol. The molecule has 4 aromatic rings. The number of aromatic hydroxyl groups is 1. The number of nitrogens with one attached hydrogen (secondary N) is 2. The summed E-state index contributed by atoms with van der Waals surface area (Å²) in [5, 5.41) is 23.0. The van der Waals surface area contributed by atoms with Crippen molar-refractivity contribution in [1.29, 1.82) is 0 Å². The predicted octanol–water partition coefficient (Wildman–Crippen LogP) is 2.17. The molecule has 158 valence electrons. The van der Waals surface area contributed by atoms with E-state index >= 15 is 0 Å². The first kappa shape index (κ1) is 20.0. The Morgan fingerprint density at radius 2 is 1.94 bits per heavy atom. The van der Waals surface area contributed by atoms with Crippen LogP contribution in [0.2, 0.25) is 0 Å². The molecule has 0 bridgehead atoms. The minimum Gasteiger partial charge on any atom is -0.508 e. The Morgan fingerprint density at radius 1 is 1.13 bits per heavy atom. The Bertz CT molecular complexity index is 1340. The monoisotopic (exact) mass is 422 g/mol. The number of hydrogen-bond acceptors (Lipinski definition) is 6. The zero-order chi connectivity index (χ0) is 22.0. The SMILES string of the molecule is O=C(COc1ccc2ccc(=O)oc2c1)N[C@H](Cc1c[nH]c2ccc(O)cc12)C(=O)O. The summed E-state index contributed by atoms with van der Waals surface area (Å²) in [4.78, 5) is 38.3. The Morgan fingerprint density at radius 3 is 2.74 bits per heavy atom. The third-order valence-corrected chi connectivity index (χ3v) is 4.77. The lowest BCUT2D eigenvalue weighted by atomic mass is 10.0. The van der Waals surface area contributed by atoms with Crippen LogP contribution in [0.5, 0.6) is 11.5 Å². The van der Waals surface area contributed by atoms with Crippen LogP contribution < -0.4 is 15.7 Å². The van der Waals surface area contributed by atoms with Crippen LogP contribution in [0.4, 0.5) is 0 Å². The molecular formula is C22H18N2O7. The first-order valence-electron chi connectivity index (χ1n) is 9.37. The van der Waals surface area contributed by atoms with E-state index in [0.717, 1.165) is 5.52 Å². The van der Waals surface area contributed by atoms with E-state index < -0.39 is 30.2 Å². The molecule has 9 heteroatoms. The van der Waals surface area contributed by atoms with Crippen molar-refractivity contribution in [2.24, 2.45) is 0 Å². The zero-order valence-corrected chi connectivity index (χ0v) is 16.1. The van der Waals surface area contributed by atoms with Crippen LogP contribution >= 0.6 is 0 Å². The van der Waals surface area contributed by atoms with Crippen molar-refractivity contribution in [1.82, 2.24) is 10.3 Å². The number of rotatable bonds is 7. The Hall–Kier alpha value is -4.27. The number of fused-ring (bicyclic) bond motifs is 2. The second-order valence-corrected chi connectivity index (χ2v) is 6.95. The van der Waals surface area contributed by atoms with Gasteiger partial charge in [0.25, 0.3) is 5.91 Å². The number of hydrogen-bond donors (Lipinski definition) is 4. The van der Waals surface area contributed by atoms with Gasteiger partial charge in [0.15, 0.2) is 6.61 Å². The molecule has 31 heavy (non-hydrogen) atoms. The van der Waals surface area contributed by atoms with Crippen molar-refractivity contribution in [3.63, 3.8) is 0 Å². The normalized spacial score (nSPS) is 12.0. The van der Waals surface area contributed by atoms with Gasteiger partial charge in [0.2, 0.25) is 0 Å². The van der Waals surface area contributed by atoms with Crippen molar-refractivity contribution in [2.75, 3.05) is 6.61 Å². The van der Waals surface area contributed by atoms with Crippen molar-refractivity contribution >= 4 is 33.7 Å². The maximum atomic E-state index is 12.3. The number of phenolic OH excluding ortho intramolecular Hbond substituents is 1. The number of carbonyl (C=O) groups excluding carboxylic acids is 1. The molecule has 0 saturated heterocycles. The largest absolute Gasteiger partial charge is 0.508 e. The minimum absolute atomic E-state index is 0.0195. The van der Waals surface area contributed by atoms with Crippen LogP contribution in [0.25, 0.3) is 21.9 Å². The molecule has 0 saturated carbocycles. The number of aromatic nitrogens is 1. The van der Waals surface area contributed by atoms with Gasteiger partial charge in [-0.2, -0.15) is 0 Å². The van der Waals surface area contributed by atoms with Crippen molar-refractivity contribution < 1.29 is 29.0 Å². The molecule has 2 heterocycles. The van der Waals surface area contributed by atoms with Gasteiger partial charge in [0, 0.05) is 41.0 Å². The number of aliphatic carboxylic acids is 1. The van der Waals surface area contributed by atoms with E-state index in [1.807, 2.05) is 0 Å². The molecule has 0 aliphatic rings. The van der Waals surface area contributed by atoms with E-state index in [2.05, 4.69) is 10.3 Å². The minimum atomic E-state index is -1.20. The first-order chi connectivity index (χ1) is 14.9. The van der Waals surface area contributed by atoms with Gasteiger partial charge in [-0.25, -0.2) is 9.59 Å². The van der Waals surface area contributed by atoms with Gasteiger partial charge in [-0.05, 0) is 42.0 Å². The van der Waals surface area contributed by atoms with E-state index in [9.17, 15) is 24.6 Å². The Labute approximate surface area is 174 Å². The molecular weight excluding hydrogens is 404 g/mol. The number of phenols is 1. The molecule has 0 aliphatic heterocycles. The predicted molar refractivity (Wildman–Crippen MR) is 111 cm³/mol. The quantitative estimate of drug-likeness (QED) is 0.334. The molecule has 0 unspecified atom stereocenters. The molecule has 2 aromatic heterocycles. The summed E-state index contributed by atoms with van der Waals surface area (Å²) in [6.07, 6.45) is 1.66. The fraction of sp³-hybridized carbons (Fsp3) is 0.136. The Balaban J connectivity index is 1.42. The van der Waals surface area contributed by atoms with Crippen LogP contribution in [0.1, 0.15) is 5.56 Å². The number of aromatic amines is 1. The third kappa shape index (κ3) is 4.50. The summed E-state index contributed by atoms with van der Waals surface area (Å²) in [5.41, 5.74) is 1.20. The van der Waals surface area contributed by atoms with Gasteiger partial charge < -0.3 is 29.7 Å². The molecule has 4 N–H and O–H groups in total. The van der Waals surface area contributed by atoms with Crippen LogP contribution in [-0.4, -0.2) is 39.7 Å². The van der Waals surface area contributed by atoms with Crippen molar-refractivity contribution in [2.45, 2.75) is 12.5 Å². The van der Waals surface area contributed by atoms with Crippen molar-refractivity contribution in [3.05, 3.63) is 70.7 Å². The van der Waals surface area contributed by atoms with E-state index in [0.29, 0.717) is 27.7 Å². The van der Waals surface area contributed by atoms with E-state index in [1.165, 1.54) is 24.3 Å². The molecule has 0 aliphatic carbocycles. The number of benzene rings is 2. The second kappa shape index (κ2) is 8.23. The molecule has 0 radical (unpaired) electrons. The molecule has 2 aromatic carbocycles. The topological polar surface area (TPSA) is 142 Å². The van der Waals surface area contributed by atoms with Crippen LogP contribution in [-0.2, 0) is 16.0 Å². The summed E-state index contributed by atoms with van der Waals surface area (Å²) in [7, 11) is 0. The lowest BCUT2D eigenvalue weighted by Crippen LogP contribution is -2.44. The second-order valence-electron chi connectivity index (χ2n) is 6.95. The van der Waals surface area contributed by atoms with Gasteiger partial charge in [-0.3, -0.25) is 4.79 Å². The third-order valence-electron chi connectivity index (χ3n) is 4.77. The number of amides is 1. The van der Waals surface area contributed by atoms with E-state index in [1.54, 1.807) is 30.5 Å². The number of carboxylic acid groups (broad SMARTS) is 1. The van der Waals surface area contributed by atoms with Crippen LogP contribution in [0.15, 0.2) is 63.9 Å². The van der Waals surface area contributed by atoms with Gasteiger partial charge in [-0.1, -0.05) is 0 Å². The maximum absolute atomic E-state index is 12.3. The molecule has 9 nitrogen and oxygen atoms in total. The molecule has 0 spiro atoms. The number of carboxylic acids is 1. The lowest BCUT2D eigenvalue weighted by Gasteiger charge is -2.15. The highest BCUT2D eigenvalue weighted by Gasteiger charge is 2.22. The van der Waals surface area contributed by atoms with E-state index in [-0.39, 0.29) is 12.2 Å². The fourth-order valence-electron chi connectivity index (χ4n) is 3.27. The summed E-state index contributed by atoms with van der Waals surface area (Å²) < 4.78 is 10.5. The number of carbonyl (C=O) groups is 2. The summed E-state index contributed by atoms with van der Waals surface area (Å²) in [6, 6.07) is 11.2. The van der Waals surface area contributed by atoms with Gasteiger partial charge in [-0.15, -0.1) is 0 Å². The molecule has 4 rings (SSSR count). The number of H-pyrrole nitrogens is 1. The van der Waals surface area contributed by atoms with Crippen molar-refractivity contribution in [3.8, 4) is 11.5 Å². The van der Waals surface area contributed by atoms with Crippen LogP contribution in [0.3, 0.4) is 0 Å². The fourth-order valence-corrected chi connectivity index (χ4v) is 3.27. The lowest BCUT2D eigenvalue weighted by molar-refractivity contribution is -0.142. The van der Waals surface area contributed by atoms with Crippen LogP contribution in [0, 0.1) is 0 Å². The molecule has 0 fully saturated rings.